The van der Waals surface area contributed by atoms with Crippen molar-refractivity contribution in [3.63, 3.8) is 0 Å². The molecule has 2 rings (SSSR count). The van der Waals surface area contributed by atoms with Crippen molar-refractivity contribution in [3.05, 3.63) is 4.88 Å². The summed E-state index contributed by atoms with van der Waals surface area (Å²) >= 11 is 1.32. The van der Waals surface area contributed by atoms with Gasteiger partial charge in [0.15, 0.2) is 5.13 Å². The topological polar surface area (TPSA) is 89.3 Å². The predicted octanol–water partition coefficient (Wildman–Crippen LogP) is 2.24. The van der Waals surface area contributed by atoms with Crippen molar-refractivity contribution in [3.8, 4) is 0 Å². The number of thiazole rings is 1. The number of nitrogens with one attached hydrogen (secondary N) is 2. The van der Waals surface area contributed by atoms with Gasteiger partial charge in [-0.3, -0.25) is 4.79 Å². The second-order valence-electron chi connectivity index (χ2n) is 5.23. The number of aromatic nitrogens is 1. The van der Waals surface area contributed by atoms with Crippen LogP contribution in [-0.4, -0.2) is 36.7 Å². The predicted molar refractivity (Wildman–Crippen MR) is 85.8 cm³/mol. The quantitative estimate of drug-likeness (QED) is 0.577. The number of hydrogen-bond acceptors (Lipinski definition) is 6. The third-order valence-corrected chi connectivity index (χ3v) is 4.16. The van der Waals surface area contributed by atoms with Crippen molar-refractivity contribution >= 4 is 28.2 Å². The summed E-state index contributed by atoms with van der Waals surface area (Å²) in [6.45, 7) is 4.19. The van der Waals surface area contributed by atoms with Crippen molar-refractivity contribution in [2.75, 3.05) is 30.8 Å². The zero-order valence-corrected chi connectivity index (χ0v) is 13.3. The molecule has 21 heavy (non-hydrogen) atoms. The minimum atomic E-state index is -0.151. The van der Waals surface area contributed by atoms with Crippen LogP contribution in [0.3, 0.4) is 0 Å². The molecule has 0 saturated heterocycles. The Morgan fingerprint density at radius 2 is 2.19 bits per heavy atom. The summed E-state index contributed by atoms with van der Waals surface area (Å²) in [4.78, 5) is 16.7. The van der Waals surface area contributed by atoms with Gasteiger partial charge in [0.1, 0.15) is 10.7 Å². The summed E-state index contributed by atoms with van der Waals surface area (Å²) in [5.41, 5.74) is 5.80. The third kappa shape index (κ3) is 5.51. The Hall–Kier alpha value is -1.34. The first-order valence-electron chi connectivity index (χ1n) is 7.59. The van der Waals surface area contributed by atoms with Crippen LogP contribution in [0.2, 0.25) is 0 Å². The summed E-state index contributed by atoms with van der Waals surface area (Å²) in [5, 5.41) is 6.85. The Morgan fingerprint density at radius 1 is 1.43 bits per heavy atom. The van der Waals surface area contributed by atoms with Gasteiger partial charge in [-0.15, -0.1) is 0 Å². The lowest BCUT2D eigenvalue weighted by atomic mass is 10.3. The summed E-state index contributed by atoms with van der Waals surface area (Å²) < 4.78 is 5.44. The van der Waals surface area contributed by atoms with Crippen LogP contribution in [-0.2, 0) is 4.74 Å². The number of nitrogens with two attached hydrogens (primary N) is 1. The van der Waals surface area contributed by atoms with Crippen molar-refractivity contribution in [2.45, 2.75) is 45.1 Å². The van der Waals surface area contributed by atoms with E-state index in [1.54, 1.807) is 0 Å². The number of amides is 1. The molecule has 7 heteroatoms. The summed E-state index contributed by atoms with van der Waals surface area (Å²) in [7, 11) is 0. The van der Waals surface area contributed by atoms with E-state index < -0.39 is 0 Å². The van der Waals surface area contributed by atoms with Crippen molar-refractivity contribution in [1.29, 1.82) is 0 Å². The van der Waals surface area contributed by atoms with Crippen LogP contribution in [0.4, 0.5) is 10.9 Å². The molecule has 1 aliphatic rings. The molecular formula is C14H24N4O2S. The van der Waals surface area contributed by atoms with E-state index in [0.717, 1.165) is 31.0 Å². The monoisotopic (exact) mass is 312 g/mol. The number of hydrogen-bond donors (Lipinski definition) is 3. The van der Waals surface area contributed by atoms with Crippen molar-refractivity contribution in [1.82, 2.24) is 10.3 Å². The van der Waals surface area contributed by atoms with Crippen LogP contribution >= 0.6 is 11.3 Å². The van der Waals surface area contributed by atoms with Gasteiger partial charge in [-0.25, -0.2) is 4.98 Å². The smallest absolute Gasteiger partial charge is 0.265 e. The van der Waals surface area contributed by atoms with Crippen LogP contribution in [0.15, 0.2) is 0 Å². The Bertz CT molecular complexity index is 460. The standard InChI is InChI=1S/C14H24N4O2S/c1-2-3-8-20-9-4-7-16-13(19)11-12(15)18-14(21-11)17-10-5-6-10/h10H,2-9,15H2,1H3,(H,16,19)(H,17,18). The number of nitrogens with zero attached hydrogens (tertiary/aromatic N) is 1. The van der Waals surface area contributed by atoms with Gasteiger partial charge in [0, 0.05) is 25.8 Å². The average Bonchev–Trinajstić information content (AvgIpc) is 3.19. The van der Waals surface area contributed by atoms with Gasteiger partial charge in [0.25, 0.3) is 5.91 Å². The largest absolute Gasteiger partial charge is 0.382 e. The molecule has 0 spiro atoms. The van der Waals surface area contributed by atoms with Crippen LogP contribution in [0.1, 0.15) is 48.7 Å². The molecule has 1 amide bonds. The second kappa shape index (κ2) is 8.19. The molecule has 0 aromatic carbocycles. The fourth-order valence-electron chi connectivity index (χ4n) is 1.76. The Labute approximate surface area is 129 Å². The first kappa shape index (κ1) is 16.0. The highest BCUT2D eigenvalue weighted by Gasteiger charge is 2.24. The minimum Gasteiger partial charge on any atom is -0.382 e. The van der Waals surface area contributed by atoms with E-state index in [2.05, 4.69) is 22.5 Å². The van der Waals surface area contributed by atoms with Crippen LogP contribution in [0, 0.1) is 0 Å². The molecule has 1 aromatic heterocycles. The molecule has 118 valence electrons. The average molecular weight is 312 g/mol. The molecule has 1 heterocycles. The number of ether oxygens (including phenoxy) is 1. The normalized spacial score (nSPS) is 14.1. The van der Waals surface area contributed by atoms with Crippen LogP contribution in [0.25, 0.3) is 0 Å². The summed E-state index contributed by atoms with van der Waals surface area (Å²) in [6.07, 6.45) is 5.36. The van der Waals surface area contributed by atoms with Gasteiger partial charge in [0.05, 0.1) is 0 Å². The molecule has 0 radical (unpaired) electrons. The Morgan fingerprint density at radius 3 is 2.90 bits per heavy atom. The number of carbonyl (C=O) groups excluding carboxylic acids is 1. The van der Waals surface area contributed by atoms with Gasteiger partial charge in [0.2, 0.25) is 0 Å². The number of rotatable bonds is 10. The molecule has 4 N–H and O–H groups in total. The SMILES string of the molecule is CCCCOCCCNC(=O)c1sc(NC2CC2)nc1N. The number of carbonyl (C=O) groups is 1. The molecule has 0 bridgehead atoms. The van der Waals surface area contributed by atoms with Gasteiger partial charge in [-0.05, 0) is 25.7 Å². The lowest BCUT2D eigenvalue weighted by Gasteiger charge is -2.05. The fraction of sp³-hybridized carbons (Fsp3) is 0.714. The molecule has 6 nitrogen and oxygen atoms in total. The van der Waals surface area contributed by atoms with Gasteiger partial charge < -0.3 is 21.1 Å². The van der Waals surface area contributed by atoms with E-state index in [0.29, 0.717) is 29.9 Å². The first-order valence-corrected chi connectivity index (χ1v) is 8.41. The lowest BCUT2D eigenvalue weighted by Crippen LogP contribution is -2.25. The maximum atomic E-state index is 12.0. The van der Waals surface area contributed by atoms with E-state index in [1.807, 2.05) is 0 Å². The van der Waals surface area contributed by atoms with Gasteiger partial charge in [-0.1, -0.05) is 24.7 Å². The Kier molecular flexibility index (Phi) is 6.25. The molecular weight excluding hydrogens is 288 g/mol. The van der Waals surface area contributed by atoms with Crippen molar-refractivity contribution < 1.29 is 9.53 Å². The van der Waals surface area contributed by atoms with E-state index in [9.17, 15) is 4.79 Å². The van der Waals surface area contributed by atoms with Crippen LogP contribution in [0.5, 0.6) is 0 Å². The summed E-state index contributed by atoms with van der Waals surface area (Å²) in [6, 6.07) is 0.506. The molecule has 0 atom stereocenters. The second-order valence-corrected chi connectivity index (χ2v) is 6.23. The number of unbranched alkanes of at least 4 members (excludes halogenated alkanes) is 1. The number of anilines is 2. The zero-order chi connectivity index (χ0) is 15.1. The van der Waals surface area contributed by atoms with E-state index >= 15 is 0 Å². The van der Waals surface area contributed by atoms with Gasteiger partial charge >= 0.3 is 0 Å². The maximum Gasteiger partial charge on any atom is 0.265 e. The highest BCUT2D eigenvalue weighted by molar-refractivity contribution is 7.18. The maximum absolute atomic E-state index is 12.0. The molecule has 0 aliphatic heterocycles. The molecule has 1 aromatic rings. The van der Waals surface area contributed by atoms with E-state index in [1.165, 1.54) is 24.2 Å². The van der Waals surface area contributed by atoms with Crippen molar-refractivity contribution in [2.24, 2.45) is 0 Å². The Balaban J connectivity index is 1.66. The molecule has 1 fully saturated rings. The first-order chi connectivity index (χ1) is 10.2. The van der Waals surface area contributed by atoms with E-state index in [4.69, 9.17) is 10.5 Å². The minimum absolute atomic E-state index is 0.151. The van der Waals surface area contributed by atoms with Crippen LogP contribution < -0.4 is 16.4 Å². The highest BCUT2D eigenvalue weighted by Crippen LogP contribution is 2.30. The third-order valence-electron chi connectivity index (χ3n) is 3.16. The fourth-order valence-corrected chi connectivity index (χ4v) is 2.64. The zero-order valence-electron chi connectivity index (χ0n) is 12.5. The highest BCUT2D eigenvalue weighted by atomic mass is 32.1. The summed E-state index contributed by atoms with van der Waals surface area (Å²) in [5.74, 6) is 0.155. The lowest BCUT2D eigenvalue weighted by molar-refractivity contribution is 0.0945. The van der Waals surface area contributed by atoms with Gasteiger partial charge in [-0.2, -0.15) is 0 Å². The van der Waals surface area contributed by atoms with E-state index in [-0.39, 0.29) is 5.91 Å². The number of nitrogen functional groups attached to an aromatic ring is 1. The molecule has 1 aliphatic carbocycles. The molecule has 1 saturated carbocycles. The molecule has 0 unspecified atom stereocenters.